The average Bonchev–Trinajstić information content (AvgIpc) is 2.28. The van der Waals surface area contributed by atoms with Gasteiger partial charge in [-0.25, -0.2) is 0 Å². The van der Waals surface area contributed by atoms with Crippen molar-refractivity contribution in [2.75, 3.05) is 32.7 Å². The van der Waals surface area contributed by atoms with E-state index in [1.165, 1.54) is 5.56 Å². The third-order valence-corrected chi connectivity index (χ3v) is 2.34. The molecule has 0 radical (unpaired) electrons. The van der Waals surface area contributed by atoms with Crippen molar-refractivity contribution >= 4 is 5.69 Å². The molecule has 0 fully saturated rings. The van der Waals surface area contributed by atoms with Crippen LogP contribution >= 0.6 is 0 Å². The van der Waals surface area contributed by atoms with Crippen LogP contribution in [0.3, 0.4) is 0 Å². The van der Waals surface area contributed by atoms with Gasteiger partial charge in [0.1, 0.15) is 0 Å². The highest BCUT2D eigenvalue weighted by Crippen LogP contribution is 2.08. The van der Waals surface area contributed by atoms with Gasteiger partial charge >= 0.3 is 0 Å². The zero-order valence-electron chi connectivity index (χ0n) is 9.95. The second-order valence-corrected chi connectivity index (χ2v) is 3.81. The molecule has 1 aromatic rings. The second-order valence-electron chi connectivity index (χ2n) is 3.81. The first kappa shape index (κ1) is 13.0. The number of hydrogen-bond donors (Lipinski definition) is 1. The van der Waals surface area contributed by atoms with Gasteiger partial charge in [-0.1, -0.05) is 12.1 Å². The van der Waals surface area contributed by atoms with Gasteiger partial charge in [0.15, 0.2) is 0 Å². The summed E-state index contributed by atoms with van der Waals surface area (Å²) in [6, 6.07) is 8.01. The van der Waals surface area contributed by atoms with Crippen LogP contribution in [0.4, 0.5) is 5.69 Å². The molecule has 0 unspecified atom stereocenters. The molecule has 0 atom stereocenters. The fourth-order valence-electron chi connectivity index (χ4n) is 1.53. The molecule has 0 aromatic heterocycles. The molecule has 0 aliphatic carbocycles. The molecule has 3 nitrogen and oxygen atoms in total. The van der Waals surface area contributed by atoms with Crippen LogP contribution < -0.4 is 5.73 Å². The number of nitrogens with two attached hydrogens (primary N) is 1. The molecule has 3 heteroatoms. The zero-order chi connectivity index (χ0) is 11.6. The Bertz CT molecular complexity index is 289. The van der Waals surface area contributed by atoms with E-state index in [1.54, 1.807) is 7.11 Å². The third-order valence-electron chi connectivity index (χ3n) is 2.34. The molecule has 2 N–H and O–H groups in total. The van der Waals surface area contributed by atoms with Crippen molar-refractivity contribution in [2.45, 2.75) is 19.3 Å². The van der Waals surface area contributed by atoms with E-state index in [0.717, 1.165) is 44.8 Å². The van der Waals surface area contributed by atoms with Gasteiger partial charge < -0.3 is 15.2 Å². The minimum atomic E-state index is 0.773. The first-order valence-corrected chi connectivity index (χ1v) is 5.74. The van der Waals surface area contributed by atoms with E-state index in [1.807, 2.05) is 18.2 Å². The quantitative estimate of drug-likeness (QED) is 0.543. The number of anilines is 1. The van der Waals surface area contributed by atoms with E-state index in [-0.39, 0.29) is 0 Å². The molecule has 0 spiro atoms. The maximum Gasteiger partial charge on any atom is 0.0487 e. The Balaban J connectivity index is 2.03. The monoisotopic (exact) mass is 223 g/mol. The molecular weight excluding hydrogens is 202 g/mol. The van der Waals surface area contributed by atoms with E-state index >= 15 is 0 Å². The van der Waals surface area contributed by atoms with Crippen LogP contribution in [0, 0.1) is 0 Å². The smallest absolute Gasteiger partial charge is 0.0487 e. The van der Waals surface area contributed by atoms with E-state index < -0.39 is 0 Å². The maximum atomic E-state index is 5.70. The largest absolute Gasteiger partial charge is 0.399 e. The molecule has 1 aromatic carbocycles. The fraction of sp³-hybridized carbons (Fsp3) is 0.538. The van der Waals surface area contributed by atoms with Gasteiger partial charge in [-0.05, 0) is 37.0 Å². The summed E-state index contributed by atoms with van der Waals surface area (Å²) in [6.45, 7) is 2.36. The predicted octanol–water partition coefficient (Wildman–Crippen LogP) is 2.25. The van der Waals surface area contributed by atoms with Crippen LogP contribution in [0.25, 0.3) is 0 Å². The lowest BCUT2D eigenvalue weighted by molar-refractivity contribution is 0.101. The minimum Gasteiger partial charge on any atom is -0.399 e. The van der Waals surface area contributed by atoms with Crippen LogP contribution in [0.1, 0.15) is 18.4 Å². The van der Waals surface area contributed by atoms with Gasteiger partial charge in [0.2, 0.25) is 0 Å². The molecule has 1 rings (SSSR count). The number of ether oxygens (including phenoxy) is 2. The summed E-state index contributed by atoms with van der Waals surface area (Å²) in [7, 11) is 1.71. The van der Waals surface area contributed by atoms with Crippen molar-refractivity contribution in [1.82, 2.24) is 0 Å². The molecule has 0 amide bonds. The Morgan fingerprint density at radius 2 is 1.94 bits per heavy atom. The summed E-state index contributed by atoms with van der Waals surface area (Å²) in [5.74, 6) is 0. The van der Waals surface area contributed by atoms with E-state index in [0.29, 0.717) is 0 Å². The Morgan fingerprint density at radius 1 is 1.12 bits per heavy atom. The molecule has 0 saturated carbocycles. The fourth-order valence-corrected chi connectivity index (χ4v) is 1.53. The Hall–Kier alpha value is -1.06. The van der Waals surface area contributed by atoms with E-state index in [4.69, 9.17) is 15.2 Å². The molecule has 90 valence electrons. The molecule has 0 bridgehead atoms. The third kappa shape index (κ3) is 5.73. The van der Waals surface area contributed by atoms with Crippen molar-refractivity contribution in [3.63, 3.8) is 0 Å². The number of methoxy groups -OCH3 is 1. The lowest BCUT2D eigenvalue weighted by Gasteiger charge is -2.04. The highest BCUT2D eigenvalue weighted by Gasteiger charge is 1.94. The second kappa shape index (κ2) is 8.13. The van der Waals surface area contributed by atoms with E-state index in [2.05, 4.69) is 6.07 Å². The first-order valence-electron chi connectivity index (χ1n) is 5.74. The highest BCUT2D eigenvalue weighted by molar-refractivity contribution is 5.40. The van der Waals surface area contributed by atoms with E-state index in [9.17, 15) is 0 Å². The minimum absolute atomic E-state index is 0.773. The van der Waals surface area contributed by atoms with Gasteiger partial charge in [-0.15, -0.1) is 0 Å². The van der Waals surface area contributed by atoms with Crippen molar-refractivity contribution in [2.24, 2.45) is 0 Å². The van der Waals surface area contributed by atoms with Crippen molar-refractivity contribution < 1.29 is 9.47 Å². The number of hydrogen-bond acceptors (Lipinski definition) is 3. The Labute approximate surface area is 97.6 Å². The summed E-state index contributed by atoms with van der Waals surface area (Å²) < 4.78 is 10.4. The van der Waals surface area contributed by atoms with Gasteiger partial charge in [0, 0.05) is 32.6 Å². The van der Waals surface area contributed by atoms with Gasteiger partial charge in [0.25, 0.3) is 0 Å². The number of nitrogen functional groups attached to an aromatic ring is 1. The van der Waals surface area contributed by atoms with Crippen molar-refractivity contribution in [1.29, 1.82) is 0 Å². The summed E-state index contributed by atoms with van der Waals surface area (Å²) >= 11 is 0. The van der Waals surface area contributed by atoms with Crippen LogP contribution in [-0.4, -0.2) is 26.9 Å². The number of aryl methyl sites for hydroxylation is 1. The zero-order valence-corrected chi connectivity index (χ0v) is 9.95. The van der Waals surface area contributed by atoms with Crippen LogP contribution in [0.15, 0.2) is 24.3 Å². The lowest BCUT2D eigenvalue weighted by Crippen LogP contribution is -2.01. The lowest BCUT2D eigenvalue weighted by atomic mass is 10.1. The van der Waals surface area contributed by atoms with Crippen LogP contribution in [0.5, 0.6) is 0 Å². The predicted molar refractivity (Wildman–Crippen MR) is 66.5 cm³/mol. The summed E-state index contributed by atoms with van der Waals surface area (Å²) in [4.78, 5) is 0. The van der Waals surface area contributed by atoms with Gasteiger partial charge in [-0.3, -0.25) is 0 Å². The van der Waals surface area contributed by atoms with Crippen LogP contribution in [-0.2, 0) is 15.9 Å². The Morgan fingerprint density at radius 3 is 2.69 bits per heavy atom. The standard InChI is InChI=1S/C13H21NO2/c1-15-8-4-10-16-9-3-6-12-5-2-7-13(14)11-12/h2,5,7,11H,3-4,6,8-10,14H2,1H3. The highest BCUT2D eigenvalue weighted by atomic mass is 16.5. The number of rotatable bonds is 8. The van der Waals surface area contributed by atoms with Crippen molar-refractivity contribution in [3.05, 3.63) is 29.8 Å². The SMILES string of the molecule is COCCCOCCCc1cccc(N)c1. The van der Waals surface area contributed by atoms with Crippen molar-refractivity contribution in [3.8, 4) is 0 Å². The average molecular weight is 223 g/mol. The molecule has 0 aliphatic rings. The summed E-state index contributed by atoms with van der Waals surface area (Å²) in [5, 5.41) is 0. The molecule has 16 heavy (non-hydrogen) atoms. The summed E-state index contributed by atoms with van der Waals surface area (Å²) in [5.41, 5.74) is 7.81. The number of benzene rings is 1. The summed E-state index contributed by atoms with van der Waals surface area (Å²) in [6.07, 6.45) is 3.03. The molecule has 0 aliphatic heterocycles. The van der Waals surface area contributed by atoms with Crippen LogP contribution in [0.2, 0.25) is 0 Å². The van der Waals surface area contributed by atoms with Gasteiger partial charge in [-0.2, -0.15) is 0 Å². The molecule has 0 heterocycles. The molecule has 0 saturated heterocycles. The normalized spacial score (nSPS) is 10.6. The first-order chi connectivity index (χ1) is 7.83. The van der Waals surface area contributed by atoms with Gasteiger partial charge in [0.05, 0.1) is 0 Å². The topological polar surface area (TPSA) is 44.5 Å². The Kier molecular flexibility index (Phi) is 6.61. The molecular formula is C13H21NO2. The maximum absolute atomic E-state index is 5.70.